The summed E-state index contributed by atoms with van der Waals surface area (Å²) in [5.74, 6) is -1.47. The van der Waals surface area contributed by atoms with E-state index in [2.05, 4.69) is 12.8 Å². The zero-order valence-corrected chi connectivity index (χ0v) is 8.51. The minimum atomic E-state index is -0.736. The van der Waals surface area contributed by atoms with Gasteiger partial charge < -0.3 is 5.11 Å². The van der Waals surface area contributed by atoms with E-state index in [4.69, 9.17) is 5.11 Å². The Kier molecular flexibility index (Phi) is 8.85. The average molecular weight is 200 g/mol. The highest BCUT2D eigenvalue weighted by Crippen LogP contribution is 2.13. The SMILES string of the molecule is C#C.CO.Cc1ccc(C)c(F)c1F. The highest BCUT2D eigenvalue weighted by molar-refractivity contribution is 5.23. The molecule has 1 aromatic carbocycles. The number of rotatable bonds is 0. The van der Waals surface area contributed by atoms with Gasteiger partial charge in [0.25, 0.3) is 0 Å². The molecule has 0 aromatic heterocycles. The van der Waals surface area contributed by atoms with Crippen LogP contribution in [-0.2, 0) is 0 Å². The molecule has 0 heterocycles. The van der Waals surface area contributed by atoms with E-state index < -0.39 is 11.6 Å². The number of halogens is 2. The summed E-state index contributed by atoms with van der Waals surface area (Å²) in [6.45, 7) is 3.08. The van der Waals surface area contributed by atoms with Gasteiger partial charge in [-0.05, 0) is 25.0 Å². The first kappa shape index (κ1) is 15.1. The number of hydrogen-bond acceptors (Lipinski definition) is 1. The summed E-state index contributed by atoms with van der Waals surface area (Å²) in [7, 11) is 1.00. The Labute approximate surface area is 83.4 Å². The van der Waals surface area contributed by atoms with Gasteiger partial charge in [0.05, 0.1) is 0 Å². The lowest BCUT2D eigenvalue weighted by molar-refractivity contribution is 0.399. The molecule has 0 radical (unpaired) electrons. The monoisotopic (exact) mass is 200 g/mol. The lowest BCUT2D eigenvalue weighted by Crippen LogP contribution is -1.91. The molecule has 1 nitrogen and oxygen atoms in total. The molecule has 3 heteroatoms. The van der Waals surface area contributed by atoms with Crippen LogP contribution < -0.4 is 0 Å². The van der Waals surface area contributed by atoms with Gasteiger partial charge in [-0.15, -0.1) is 12.8 Å². The fourth-order valence-electron chi connectivity index (χ4n) is 0.743. The number of aliphatic hydroxyl groups excluding tert-OH is 1. The molecule has 14 heavy (non-hydrogen) atoms. The van der Waals surface area contributed by atoms with Crippen molar-refractivity contribution in [3.8, 4) is 12.8 Å². The first-order valence-corrected chi connectivity index (χ1v) is 3.82. The summed E-state index contributed by atoms with van der Waals surface area (Å²) < 4.78 is 25.2. The molecule has 0 amide bonds. The van der Waals surface area contributed by atoms with Crippen LogP contribution in [0.1, 0.15) is 11.1 Å². The van der Waals surface area contributed by atoms with E-state index in [1.807, 2.05) is 0 Å². The van der Waals surface area contributed by atoms with Crippen LogP contribution in [0.2, 0.25) is 0 Å². The van der Waals surface area contributed by atoms with Crippen LogP contribution in [0.5, 0.6) is 0 Å². The molecule has 0 saturated carbocycles. The van der Waals surface area contributed by atoms with Gasteiger partial charge in [0.1, 0.15) is 0 Å². The molecule has 0 aliphatic rings. The maximum Gasteiger partial charge on any atom is 0.161 e. The molecule has 0 aliphatic heterocycles. The Balaban J connectivity index is 0. The molecule has 0 unspecified atom stereocenters. The Bertz CT molecular complexity index is 266. The van der Waals surface area contributed by atoms with Crippen LogP contribution in [0.15, 0.2) is 12.1 Å². The molecule has 0 aliphatic carbocycles. The number of benzene rings is 1. The fourth-order valence-corrected chi connectivity index (χ4v) is 0.743. The lowest BCUT2D eigenvalue weighted by atomic mass is 10.1. The second-order valence-corrected chi connectivity index (χ2v) is 2.33. The summed E-state index contributed by atoms with van der Waals surface area (Å²) in [6.07, 6.45) is 8.00. The predicted molar refractivity (Wildman–Crippen MR) is 53.9 cm³/mol. The number of aryl methyl sites for hydroxylation is 2. The normalized spacial score (nSPS) is 7.71. The van der Waals surface area contributed by atoms with Crippen LogP contribution in [0.3, 0.4) is 0 Å². The van der Waals surface area contributed by atoms with Crippen LogP contribution in [0.25, 0.3) is 0 Å². The van der Waals surface area contributed by atoms with E-state index in [0.717, 1.165) is 7.11 Å². The van der Waals surface area contributed by atoms with Crippen molar-refractivity contribution in [2.24, 2.45) is 0 Å². The highest BCUT2D eigenvalue weighted by atomic mass is 19.2. The van der Waals surface area contributed by atoms with Gasteiger partial charge in [-0.25, -0.2) is 8.78 Å². The van der Waals surface area contributed by atoms with Crippen LogP contribution in [-0.4, -0.2) is 12.2 Å². The third-order valence-electron chi connectivity index (χ3n) is 1.47. The largest absolute Gasteiger partial charge is 0.400 e. The van der Waals surface area contributed by atoms with Gasteiger partial charge in [0.2, 0.25) is 0 Å². The minimum absolute atomic E-state index is 0.350. The van der Waals surface area contributed by atoms with Gasteiger partial charge in [-0.3, -0.25) is 0 Å². The van der Waals surface area contributed by atoms with Gasteiger partial charge in [0, 0.05) is 7.11 Å². The van der Waals surface area contributed by atoms with E-state index in [9.17, 15) is 8.78 Å². The van der Waals surface area contributed by atoms with E-state index >= 15 is 0 Å². The summed E-state index contributed by atoms with van der Waals surface area (Å²) in [5, 5.41) is 7.00. The van der Waals surface area contributed by atoms with Gasteiger partial charge in [-0.2, -0.15) is 0 Å². The molecule has 1 N–H and O–H groups in total. The summed E-state index contributed by atoms with van der Waals surface area (Å²) in [5.41, 5.74) is 0.700. The van der Waals surface area contributed by atoms with Crippen molar-refractivity contribution in [2.45, 2.75) is 13.8 Å². The zero-order chi connectivity index (χ0) is 11.7. The van der Waals surface area contributed by atoms with E-state index in [0.29, 0.717) is 11.1 Å². The Morgan fingerprint density at radius 1 is 0.929 bits per heavy atom. The van der Waals surface area contributed by atoms with Crippen LogP contribution in [0.4, 0.5) is 8.78 Å². The summed E-state index contributed by atoms with van der Waals surface area (Å²) in [4.78, 5) is 0. The lowest BCUT2D eigenvalue weighted by Gasteiger charge is -1.99. The van der Waals surface area contributed by atoms with Crippen molar-refractivity contribution < 1.29 is 13.9 Å². The maximum absolute atomic E-state index is 12.6. The molecule has 1 aromatic rings. The quantitative estimate of drug-likeness (QED) is 0.638. The molecule has 0 bridgehead atoms. The van der Waals surface area contributed by atoms with Gasteiger partial charge in [0.15, 0.2) is 11.6 Å². The van der Waals surface area contributed by atoms with E-state index in [-0.39, 0.29) is 0 Å². The fraction of sp³-hybridized carbons (Fsp3) is 0.273. The van der Waals surface area contributed by atoms with Crippen molar-refractivity contribution in [2.75, 3.05) is 7.11 Å². The van der Waals surface area contributed by atoms with E-state index in [1.54, 1.807) is 12.1 Å². The average Bonchev–Trinajstić information content (AvgIpc) is 2.26. The first-order chi connectivity index (χ1) is 6.63. The smallest absolute Gasteiger partial charge is 0.161 e. The molecule has 0 spiro atoms. The Morgan fingerprint density at radius 2 is 1.14 bits per heavy atom. The maximum atomic E-state index is 12.6. The second kappa shape index (κ2) is 8.21. The molecule has 78 valence electrons. The Hall–Kier alpha value is -1.40. The third-order valence-corrected chi connectivity index (χ3v) is 1.47. The number of hydrogen-bond donors (Lipinski definition) is 1. The predicted octanol–water partition coefficient (Wildman–Crippen LogP) is 2.44. The van der Waals surface area contributed by atoms with Gasteiger partial charge >= 0.3 is 0 Å². The van der Waals surface area contributed by atoms with Crippen molar-refractivity contribution in [1.82, 2.24) is 0 Å². The van der Waals surface area contributed by atoms with Crippen molar-refractivity contribution in [1.29, 1.82) is 0 Å². The third kappa shape index (κ3) is 4.01. The molecular weight excluding hydrogens is 186 g/mol. The molecule has 1 rings (SSSR count). The highest BCUT2D eigenvalue weighted by Gasteiger charge is 2.05. The van der Waals surface area contributed by atoms with Crippen molar-refractivity contribution in [3.05, 3.63) is 34.9 Å². The minimum Gasteiger partial charge on any atom is -0.400 e. The van der Waals surface area contributed by atoms with Crippen LogP contribution >= 0.6 is 0 Å². The zero-order valence-electron chi connectivity index (χ0n) is 8.51. The van der Waals surface area contributed by atoms with Gasteiger partial charge in [-0.1, -0.05) is 12.1 Å². The van der Waals surface area contributed by atoms with E-state index in [1.165, 1.54) is 13.8 Å². The Morgan fingerprint density at radius 3 is 1.36 bits per heavy atom. The van der Waals surface area contributed by atoms with Crippen molar-refractivity contribution in [3.63, 3.8) is 0 Å². The first-order valence-electron chi connectivity index (χ1n) is 3.82. The summed E-state index contributed by atoms with van der Waals surface area (Å²) >= 11 is 0. The standard InChI is InChI=1S/C8H8F2.C2H2.CH4O/c1-5-3-4-6(2)8(10)7(5)9;2*1-2/h3-4H,1-2H3;1-2H;2H,1H3. The second-order valence-electron chi connectivity index (χ2n) is 2.33. The number of aliphatic hydroxyl groups is 1. The number of terminal acetylenes is 1. The molecule has 0 fully saturated rings. The molecule has 0 atom stereocenters. The summed E-state index contributed by atoms with van der Waals surface area (Å²) in [6, 6.07) is 3.13. The molecular formula is C11H14F2O. The van der Waals surface area contributed by atoms with Crippen LogP contribution in [0, 0.1) is 38.3 Å². The topological polar surface area (TPSA) is 20.2 Å². The molecule has 0 saturated heterocycles. The van der Waals surface area contributed by atoms with Crippen molar-refractivity contribution >= 4 is 0 Å².